The number of pyridine rings is 1. The molecule has 4 rings (SSSR count). The summed E-state index contributed by atoms with van der Waals surface area (Å²) < 4.78 is 36.5. The summed E-state index contributed by atoms with van der Waals surface area (Å²) in [6, 6.07) is 17.7. The number of anilines is 1. The number of para-hydroxylation sites is 1. The first-order valence-corrected chi connectivity index (χ1v) is 10.6. The highest BCUT2D eigenvalue weighted by atomic mass is 79.9. The Morgan fingerprint density at radius 3 is 2.64 bits per heavy atom. The van der Waals surface area contributed by atoms with Crippen LogP contribution in [-0.2, 0) is 10.0 Å². The number of aromatic nitrogens is 2. The summed E-state index contributed by atoms with van der Waals surface area (Å²) in [5, 5.41) is 0. The van der Waals surface area contributed by atoms with Gasteiger partial charge in [0, 0.05) is 22.4 Å². The minimum Gasteiger partial charge on any atom is -0.495 e. The lowest BCUT2D eigenvalue weighted by Gasteiger charge is -2.14. The maximum absolute atomic E-state index is 13.1. The van der Waals surface area contributed by atoms with Crippen LogP contribution in [0.2, 0.25) is 0 Å². The number of halogens is 1. The van der Waals surface area contributed by atoms with Crippen LogP contribution < -0.4 is 9.46 Å². The van der Waals surface area contributed by atoms with E-state index < -0.39 is 10.0 Å². The van der Waals surface area contributed by atoms with E-state index >= 15 is 0 Å². The van der Waals surface area contributed by atoms with Gasteiger partial charge in [0.15, 0.2) is 0 Å². The summed E-state index contributed by atoms with van der Waals surface area (Å²) in [7, 11) is -2.44. The molecule has 0 unspecified atom stereocenters. The van der Waals surface area contributed by atoms with Crippen molar-refractivity contribution >= 4 is 37.3 Å². The second kappa shape index (κ2) is 7.29. The van der Waals surface area contributed by atoms with Gasteiger partial charge in [0.05, 0.1) is 18.5 Å². The molecule has 2 heterocycles. The highest BCUT2D eigenvalue weighted by Crippen LogP contribution is 2.32. The van der Waals surface area contributed by atoms with Crippen LogP contribution in [0, 0.1) is 0 Å². The molecule has 8 heteroatoms. The van der Waals surface area contributed by atoms with E-state index in [1.54, 1.807) is 24.3 Å². The summed E-state index contributed by atoms with van der Waals surface area (Å²) in [6.45, 7) is 0. The van der Waals surface area contributed by atoms with Crippen LogP contribution in [0.3, 0.4) is 0 Å². The van der Waals surface area contributed by atoms with Gasteiger partial charge >= 0.3 is 0 Å². The molecule has 28 heavy (non-hydrogen) atoms. The number of fused-ring (bicyclic) bond motifs is 1. The topological polar surface area (TPSA) is 72.7 Å². The number of sulfonamides is 1. The summed E-state index contributed by atoms with van der Waals surface area (Å²) in [5.74, 6) is 0.265. The zero-order valence-corrected chi connectivity index (χ0v) is 17.2. The van der Waals surface area contributed by atoms with Crippen molar-refractivity contribution in [3.63, 3.8) is 0 Å². The maximum Gasteiger partial charge on any atom is 0.265 e. The number of rotatable bonds is 5. The predicted octanol–water partition coefficient (Wildman–Crippen LogP) is 4.57. The second-order valence-corrected chi connectivity index (χ2v) is 8.61. The maximum atomic E-state index is 13.1. The van der Waals surface area contributed by atoms with E-state index in [4.69, 9.17) is 4.74 Å². The van der Waals surface area contributed by atoms with E-state index in [2.05, 4.69) is 25.6 Å². The van der Waals surface area contributed by atoms with Crippen molar-refractivity contribution in [1.82, 2.24) is 9.38 Å². The van der Waals surface area contributed by atoms with E-state index in [1.165, 1.54) is 13.2 Å². The highest BCUT2D eigenvalue weighted by molar-refractivity contribution is 9.10. The number of nitrogens with zero attached hydrogens (tertiary/aromatic N) is 2. The van der Waals surface area contributed by atoms with Gasteiger partial charge in [0.25, 0.3) is 10.0 Å². The van der Waals surface area contributed by atoms with Crippen LogP contribution in [0.5, 0.6) is 5.75 Å². The van der Waals surface area contributed by atoms with Crippen LogP contribution in [-0.4, -0.2) is 24.9 Å². The second-order valence-electron chi connectivity index (χ2n) is 6.04. The molecule has 0 radical (unpaired) electrons. The SMILES string of the molecule is COc1ccc(Br)cc1S(=O)(=O)Nc1ccccc1-c1cn2ccccc2n1. The van der Waals surface area contributed by atoms with Crippen molar-refractivity contribution in [2.75, 3.05) is 11.8 Å². The average Bonchev–Trinajstić information content (AvgIpc) is 3.12. The van der Waals surface area contributed by atoms with Crippen molar-refractivity contribution in [2.45, 2.75) is 4.90 Å². The highest BCUT2D eigenvalue weighted by Gasteiger charge is 2.22. The monoisotopic (exact) mass is 457 g/mol. The van der Waals surface area contributed by atoms with Crippen LogP contribution >= 0.6 is 15.9 Å². The van der Waals surface area contributed by atoms with Crippen molar-refractivity contribution in [3.05, 3.63) is 77.5 Å². The van der Waals surface area contributed by atoms with Gasteiger partial charge in [-0.3, -0.25) is 4.72 Å². The first-order chi connectivity index (χ1) is 13.5. The van der Waals surface area contributed by atoms with Crippen molar-refractivity contribution in [3.8, 4) is 17.0 Å². The fourth-order valence-electron chi connectivity index (χ4n) is 2.92. The number of hydrogen-bond acceptors (Lipinski definition) is 4. The molecule has 2 aromatic carbocycles. The molecular formula is C20H16BrN3O3S. The fraction of sp³-hybridized carbons (Fsp3) is 0.0500. The minimum atomic E-state index is -3.88. The van der Waals surface area contributed by atoms with Gasteiger partial charge in [0.1, 0.15) is 16.3 Å². The Kier molecular flexibility index (Phi) is 4.82. The van der Waals surface area contributed by atoms with E-state index in [0.717, 1.165) is 5.65 Å². The smallest absolute Gasteiger partial charge is 0.265 e. The van der Waals surface area contributed by atoms with Gasteiger partial charge in [-0.1, -0.05) is 40.2 Å². The molecule has 0 saturated carbocycles. The number of nitrogens with one attached hydrogen (secondary N) is 1. The molecule has 0 aliphatic carbocycles. The number of methoxy groups -OCH3 is 1. The lowest BCUT2D eigenvalue weighted by atomic mass is 10.1. The van der Waals surface area contributed by atoms with Crippen LogP contribution in [0.4, 0.5) is 5.69 Å². The molecule has 0 bridgehead atoms. The Balaban J connectivity index is 1.78. The van der Waals surface area contributed by atoms with E-state index in [9.17, 15) is 8.42 Å². The Morgan fingerprint density at radius 2 is 1.86 bits per heavy atom. The van der Waals surface area contributed by atoms with E-state index in [1.807, 2.05) is 47.1 Å². The largest absolute Gasteiger partial charge is 0.495 e. The Labute approximate surface area is 171 Å². The molecule has 6 nitrogen and oxygen atoms in total. The molecule has 0 amide bonds. The Hall–Kier alpha value is -2.84. The summed E-state index contributed by atoms with van der Waals surface area (Å²) in [6.07, 6.45) is 3.76. The van der Waals surface area contributed by atoms with Gasteiger partial charge in [-0.25, -0.2) is 13.4 Å². The molecule has 142 valence electrons. The van der Waals surface area contributed by atoms with Gasteiger partial charge in [-0.15, -0.1) is 0 Å². The Bertz CT molecular complexity index is 1240. The zero-order valence-electron chi connectivity index (χ0n) is 14.8. The van der Waals surface area contributed by atoms with Crippen molar-refractivity contribution < 1.29 is 13.2 Å². The predicted molar refractivity (Wildman–Crippen MR) is 112 cm³/mol. The molecule has 1 N–H and O–H groups in total. The number of benzene rings is 2. The first kappa shape index (κ1) is 18.5. The van der Waals surface area contributed by atoms with Gasteiger partial charge in [-0.2, -0.15) is 0 Å². The lowest BCUT2D eigenvalue weighted by Crippen LogP contribution is -2.14. The molecule has 0 fully saturated rings. The summed E-state index contributed by atoms with van der Waals surface area (Å²) in [5.41, 5.74) is 2.58. The number of hydrogen-bond donors (Lipinski definition) is 1. The van der Waals surface area contributed by atoms with E-state index in [-0.39, 0.29) is 10.6 Å². The lowest BCUT2D eigenvalue weighted by molar-refractivity contribution is 0.403. The molecule has 0 atom stereocenters. The average molecular weight is 458 g/mol. The zero-order chi connectivity index (χ0) is 19.7. The minimum absolute atomic E-state index is 0.0502. The van der Waals surface area contributed by atoms with Crippen LogP contribution in [0.25, 0.3) is 16.9 Å². The van der Waals surface area contributed by atoms with Gasteiger partial charge < -0.3 is 9.14 Å². The molecule has 0 spiro atoms. The van der Waals surface area contributed by atoms with Crippen LogP contribution in [0.1, 0.15) is 0 Å². The molecule has 2 aromatic heterocycles. The van der Waals surface area contributed by atoms with Gasteiger partial charge in [0.2, 0.25) is 0 Å². The molecular weight excluding hydrogens is 442 g/mol. The van der Waals surface area contributed by atoms with Crippen molar-refractivity contribution in [2.24, 2.45) is 0 Å². The quantitative estimate of drug-likeness (QED) is 0.476. The molecule has 0 aliphatic heterocycles. The third-order valence-corrected chi connectivity index (χ3v) is 6.11. The third kappa shape index (κ3) is 3.48. The molecule has 0 aliphatic rings. The normalized spacial score (nSPS) is 11.5. The summed E-state index contributed by atoms with van der Waals surface area (Å²) >= 11 is 3.31. The third-order valence-electron chi connectivity index (χ3n) is 4.23. The standard InChI is InChI=1S/C20H16BrN3O3S/c1-27-18-10-9-14(21)12-19(18)28(25,26)23-16-7-3-2-6-15(16)17-13-24-11-5-4-8-20(24)22-17/h2-13,23H,1H3. The molecule has 0 saturated heterocycles. The molecule has 4 aromatic rings. The van der Waals surface area contributed by atoms with Crippen molar-refractivity contribution in [1.29, 1.82) is 0 Å². The first-order valence-electron chi connectivity index (χ1n) is 8.37. The Morgan fingerprint density at radius 1 is 1.07 bits per heavy atom. The number of ether oxygens (including phenoxy) is 1. The van der Waals surface area contributed by atoms with Gasteiger partial charge in [-0.05, 0) is 36.4 Å². The van der Waals surface area contributed by atoms with E-state index in [0.29, 0.717) is 21.4 Å². The van der Waals surface area contributed by atoms with Crippen LogP contribution in [0.15, 0.2) is 82.4 Å². The fourth-order valence-corrected chi connectivity index (χ4v) is 4.71. The summed E-state index contributed by atoms with van der Waals surface area (Å²) in [4.78, 5) is 4.64. The number of imidazole rings is 1.